The molecule has 0 saturated carbocycles. The normalized spacial score (nSPS) is 24.9. The first-order valence-electron chi connectivity index (χ1n) is 6.92. The molecule has 1 N–H and O–H groups in total. The number of hydrogen-bond acceptors (Lipinski definition) is 4. The lowest BCUT2D eigenvalue weighted by Crippen LogP contribution is -2.48. The van der Waals surface area contributed by atoms with Gasteiger partial charge in [0.2, 0.25) is 0 Å². The fourth-order valence-corrected chi connectivity index (χ4v) is 4.41. The van der Waals surface area contributed by atoms with Crippen LogP contribution in [0, 0.1) is 0 Å². The summed E-state index contributed by atoms with van der Waals surface area (Å²) < 4.78 is 31.7. The number of benzene rings is 2. The molecule has 2 heterocycles. The molecule has 0 amide bonds. The summed E-state index contributed by atoms with van der Waals surface area (Å²) in [6.45, 7) is 3.81. The van der Waals surface area contributed by atoms with Crippen molar-refractivity contribution in [3.05, 3.63) is 72.3 Å². The Bertz CT molecular complexity index is 863. The minimum Gasteiger partial charge on any atom is -0.370 e. The summed E-state index contributed by atoms with van der Waals surface area (Å²) in [5.41, 5.74) is 2.56. The van der Waals surface area contributed by atoms with Crippen LogP contribution in [0.15, 0.2) is 61.2 Å². The van der Waals surface area contributed by atoms with Gasteiger partial charge in [-0.05, 0) is 17.7 Å². The smallest absolute Gasteiger partial charge is 0.370 e. The van der Waals surface area contributed by atoms with Crippen LogP contribution in [-0.2, 0) is 10.3 Å². The van der Waals surface area contributed by atoms with E-state index in [-0.39, 0.29) is 0 Å². The van der Waals surface area contributed by atoms with Crippen LogP contribution in [0.3, 0.4) is 0 Å². The maximum atomic E-state index is 12.6. The predicted octanol–water partition coefficient (Wildman–Crippen LogP) is 2.98. The van der Waals surface area contributed by atoms with E-state index in [9.17, 15) is 8.42 Å². The van der Waals surface area contributed by atoms with Gasteiger partial charge in [-0.2, -0.15) is 8.42 Å². The van der Waals surface area contributed by atoms with Crippen LogP contribution in [0.4, 0.5) is 5.69 Å². The van der Waals surface area contributed by atoms with E-state index in [0.717, 1.165) is 16.8 Å². The highest BCUT2D eigenvalue weighted by atomic mass is 32.2. The molecule has 112 valence electrons. The minimum absolute atomic E-state index is 0.360. The summed E-state index contributed by atoms with van der Waals surface area (Å²) in [5, 5.41) is 3.29. The summed E-state index contributed by atoms with van der Waals surface area (Å²) in [5.74, 6) is 0.360. The first-order chi connectivity index (χ1) is 10.6. The Morgan fingerprint density at radius 1 is 1.09 bits per heavy atom. The zero-order valence-corrected chi connectivity index (χ0v) is 12.5. The molecule has 6 heteroatoms. The van der Waals surface area contributed by atoms with E-state index in [1.54, 1.807) is 18.2 Å². The van der Waals surface area contributed by atoms with Gasteiger partial charge in [0.25, 0.3) is 0 Å². The fraction of sp³-hybridized carbons (Fsp3) is 0.125. The van der Waals surface area contributed by atoms with Gasteiger partial charge in [-0.25, -0.2) is 0 Å². The molecule has 2 unspecified atom stereocenters. The Morgan fingerprint density at radius 3 is 2.55 bits per heavy atom. The first kappa shape index (κ1) is 13.4. The number of anilines is 1. The number of fused-ring (bicyclic) bond motifs is 4. The number of hydrogen-bond donors (Lipinski definition) is 1. The molecular formula is C16H14N2O3S. The Hall–Kier alpha value is -2.31. The van der Waals surface area contributed by atoms with Crippen molar-refractivity contribution in [3.63, 3.8) is 0 Å². The van der Waals surface area contributed by atoms with Crippen LogP contribution in [0.25, 0.3) is 0 Å². The van der Waals surface area contributed by atoms with Gasteiger partial charge in [-0.15, -0.1) is 10.9 Å². The third kappa shape index (κ3) is 1.77. The Morgan fingerprint density at radius 2 is 1.77 bits per heavy atom. The molecule has 22 heavy (non-hydrogen) atoms. The molecule has 0 saturated heterocycles. The van der Waals surface area contributed by atoms with Crippen molar-refractivity contribution in [1.29, 1.82) is 0 Å². The van der Waals surface area contributed by atoms with E-state index >= 15 is 0 Å². The minimum atomic E-state index is -3.90. The molecule has 0 radical (unpaired) electrons. The number of rotatable bonds is 1. The standard InChI is InChI=1S/C16H14N2O3S/c1-2-14-11-7-3-5-9-13(11)17-16-12-8-4-6-10-15(12)21-22(19,20)18(14)16/h2-10,14,16-17H,1H2. The third-order valence-electron chi connectivity index (χ3n) is 3.99. The second kappa shape index (κ2) is 4.59. The van der Waals surface area contributed by atoms with E-state index in [4.69, 9.17) is 4.18 Å². The maximum absolute atomic E-state index is 12.6. The van der Waals surface area contributed by atoms with Crippen molar-refractivity contribution in [2.75, 3.05) is 5.32 Å². The monoisotopic (exact) mass is 314 g/mol. The average molecular weight is 314 g/mol. The second-order valence-corrected chi connectivity index (χ2v) is 6.67. The van der Waals surface area contributed by atoms with E-state index in [0.29, 0.717) is 5.75 Å². The Labute approximate surface area is 129 Å². The molecule has 0 bridgehead atoms. The van der Waals surface area contributed by atoms with Gasteiger partial charge in [-0.3, -0.25) is 0 Å². The predicted molar refractivity (Wildman–Crippen MR) is 83.6 cm³/mol. The molecule has 5 nitrogen and oxygen atoms in total. The molecule has 0 aromatic heterocycles. The zero-order valence-electron chi connectivity index (χ0n) is 11.6. The lowest BCUT2D eigenvalue weighted by atomic mass is 9.99. The second-order valence-electron chi connectivity index (χ2n) is 5.22. The van der Waals surface area contributed by atoms with Gasteiger partial charge in [0, 0.05) is 11.3 Å². The quantitative estimate of drug-likeness (QED) is 0.822. The van der Waals surface area contributed by atoms with Gasteiger partial charge < -0.3 is 9.50 Å². The van der Waals surface area contributed by atoms with Gasteiger partial charge in [0.05, 0.1) is 6.04 Å². The van der Waals surface area contributed by atoms with Crippen LogP contribution in [0.1, 0.15) is 23.3 Å². The molecule has 2 atom stereocenters. The van der Waals surface area contributed by atoms with Gasteiger partial charge in [0.1, 0.15) is 6.17 Å². The highest BCUT2D eigenvalue weighted by molar-refractivity contribution is 7.84. The number of para-hydroxylation sites is 2. The third-order valence-corrected chi connectivity index (χ3v) is 5.33. The molecule has 0 fully saturated rings. The average Bonchev–Trinajstić information content (AvgIpc) is 2.52. The molecule has 0 aliphatic carbocycles. The molecule has 0 spiro atoms. The molecular weight excluding hydrogens is 300 g/mol. The van der Waals surface area contributed by atoms with Gasteiger partial charge in [-0.1, -0.05) is 42.5 Å². The summed E-state index contributed by atoms with van der Waals surface area (Å²) >= 11 is 0. The lowest BCUT2D eigenvalue weighted by molar-refractivity contribution is 0.246. The molecule has 2 aliphatic rings. The van der Waals surface area contributed by atoms with Crippen molar-refractivity contribution in [1.82, 2.24) is 4.31 Å². The van der Waals surface area contributed by atoms with Crippen molar-refractivity contribution >= 4 is 16.0 Å². The van der Waals surface area contributed by atoms with Crippen molar-refractivity contribution in [2.24, 2.45) is 0 Å². The Kier molecular flexibility index (Phi) is 2.79. The van der Waals surface area contributed by atoms with E-state index < -0.39 is 22.5 Å². The van der Waals surface area contributed by atoms with Crippen LogP contribution >= 0.6 is 0 Å². The zero-order chi connectivity index (χ0) is 15.3. The fourth-order valence-electron chi connectivity index (χ4n) is 3.05. The summed E-state index contributed by atoms with van der Waals surface area (Å²) in [6.07, 6.45) is 1.12. The largest absolute Gasteiger partial charge is 0.388 e. The summed E-state index contributed by atoms with van der Waals surface area (Å²) in [4.78, 5) is 0. The highest BCUT2D eigenvalue weighted by Gasteiger charge is 2.46. The Balaban J connectivity index is 1.97. The summed E-state index contributed by atoms with van der Waals surface area (Å²) in [7, 11) is -3.90. The number of nitrogens with zero attached hydrogens (tertiary/aromatic N) is 1. The van der Waals surface area contributed by atoms with Crippen molar-refractivity contribution < 1.29 is 12.6 Å². The van der Waals surface area contributed by atoms with Crippen LogP contribution in [0.2, 0.25) is 0 Å². The van der Waals surface area contributed by atoms with Crippen molar-refractivity contribution in [2.45, 2.75) is 12.2 Å². The maximum Gasteiger partial charge on any atom is 0.388 e. The molecule has 2 aromatic carbocycles. The van der Waals surface area contributed by atoms with Crippen LogP contribution in [0.5, 0.6) is 5.75 Å². The van der Waals surface area contributed by atoms with Gasteiger partial charge >= 0.3 is 10.3 Å². The lowest BCUT2D eigenvalue weighted by Gasteiger charge is -2.43. The first-order valence-corrected chi connectivity index (χ1v) is 8.28. The van der Waals surface area contributed by atoms with Crippen molar-refractivity contribution in [3.8, 4) is 5.75 Å². The van der Waals surface area contributed by atoms with Gasteiger partial charge in [0.15, 0.2) is 5.75 Å². The molecule has 2 aromatic rings. The summed E-state index contributed by atoms with van der Waals surface area (Å²) in [6, 6.07) is 14.3. The van der Waals surface area contributed by atoms with Crippen LogP contribution in [-0.4, -0.2) is 12.7 Å². The highest BCUT2D eigenvalue weighted by Crippen LogP contribution is 2.47. The van der Waals surface area contributed by atoms with E-state index in [1.165, 1.54) is 4.31 Å². The topological polar surface area (TPSA) is 58.6 Å². The van der Waals surface area contributed by atoms with Crippen LogP contribution < -0.4 is 9.50 Å². The number of nitrogens with one attached hydrogen (secondary N) is 1. The molecule has 4 rings (SSSR count). The molecule has 2 aliphatic heterocycles. The SMILES string of the molecule is C=CC1c2ccccc2NC2c3ccccc3OS(=O)(=O)N12. The van der Waals surface area contributed by atoms with E-state index in [1.807, 2.05) is 36.4 Å². The van der Waals surface area contributed by atoms with E-state index in [2.05, 4.69) is 11.9 Å².